The van der Waals surface area contributed by atoms with Crippen molar-refractivity contribution < 1.29 is 9.59 Å². The molecule has 0 saturated heterocycles. The van der Waals surface area contributed by atoms with Crippen LogP contribution in [0.4, 0.5) is 0 Å². The van der Waals surface area contributed by atoms with E-state index in [1.807, 2.05) is 27.3 Å². The second-order valence-electron chi connectivity index (χ2n) is 29.3. The second-order valence-corrected chi connectivity index (χ2v) is 33.3. The number of benzene rings is 4. The monoisotopic (exact) mass is 1400 g/mol. The number of nitrogens with zero attached hydrogens (tertiary/aromatic N) is 3. The number of nitriles is 1. The summed E-state index contributed by atoms with van der Waals surface area (Å²) in [4.78, 5) is 42.6. The molecule has 0 saturated carbocycles. The fraction of sp³-hybridized carbons (Fsp3) is 0.462. The number of hydrogen-bond acceptors (Lipinski definition) is 7. The Hall–Kier alpha value is -6.67. The van der Waals surface area contributed by atoms with E-state index in [1.54, 1.807) is 45.3 Å². The highest BCUT2D eigenvalue weighted by molar-refractivity contribution is 7.17. The molecule has 5 nitrogen and oxygen atoms in total. The van der Waals surface area contributed by atoms with E-state index in [0.717, 1.165) is 114 Å². The van der Waals surface area contributed by atoms with E-state index in [0.29, 0.717) is 29.8 Å². The van der Waals surface area contributed by atoms with Gasteiger partial charge in [0.25, 0.3) is 11.8 Å². The minimum Gasteiger partial charge on any atom is -0.306 e. The third kappa shape index (κ3) is 15.4. The molecule has 2 amide bonds. The summed E-state index contributed by atoms with van der Waals surface area (Å²) in [5.74, 6) is -0.0412. The summed E-state index contributed by atoms with van der Waals surface area (Å²) in [6.07, 6.45) is 39.5. The molecule has 6 heterocycles. The molecular weight excluding hydrogens is 1300 g/mol. The van der Waals surface area contributed by atoms with Crippen molar-refractivity contribution in [2.45, 2.75) is 258 Å². The van der Waals surface area contributed by atoms with Crippen LogP contribution in [-0.2, 0) is 20.4 Å². The molecule has 4 aromatic carbocycles. The van der Waals surface area contributed by atoms with Crippen molar-refractivity contribution in [3.63, 3.8) is 0 Å². The number of hydrogen-bond donors (Lipinski definition) is 0. The highest BCUT2D eigenvalue weighted by Gasteiger charge is 2.50. The van der Waals surface area contributed by atoms with Crippen molar-refractivity contribution in [3.05, 3.63) is 186 Å². The Balaban J connectivity index is 0.945. The zero-order chi connectivity index (χ0) is 69.4. The van der Waals surface area contributed by atoms with Crippen LogP contribution in [0.5, 0.6) is 0 Å². The first kappa shape index (κ1) is 73.1. The van der Waals surface area contributed by atoms with Gasteiger partial charge in [-0.05, 0) is 177 Å². The molecule has 8 aromatic rings. The number of allylic oxidation sites excluding steroid dienone is 1. The second kappa shape index (κ2) is 35.0. The van der Waals surface area contributed by atoms with Crippen LogP contribution in [0, 0.1) is 11.3 Å². The van der Waals surface area contributed by atoms with Crippen LogP contribution < -0.4 is 0 Å². The zero-order valence-corrected chi connectivity index (χ0v) is 64.4. The van der Waals surface area contributed by atoms with Crippen LogP contribution in [0.15, 0.2) is 143 Å². The Labute approximate surface area is 616 Å². The average Bonchev–Trinajstić information content (AvgIpc) is 1.57. The fourth-order valence-corrected chi connectivity index (χ4v) is 20.9. The van der Waals surface area contributed by atoms with Crippen molar-refractivity contribution in [1.82, 2.24) is 9.80 Å². The minimum atomic E-state index is -0.178. The van der Waals surface area contributed by atoms with Crippen LogP contribution in [0.25, 0.3) is 76.6 Å². The van der Waals surface area contributed by atoms with Gasteiger partial charge in [0.1, 0.15) is 6.07 Å². The predicted molar refractivity (Wildman–Crippen MR) is 432 cm³/mol. The van der Waals surface area contributed by atoms with Crippen molar-refractivity contribution in [3.8, 4) is 59.6 Å². The maximum Gasteiger partial charge on any atom is 0.261 e. The van der Waals surface area contributed by atoms with Crippen LogP contribution in [0.2, 0.25) is 0 Å². The molecule has 0 radical (unpaired) electrons. The number of unbranched alkanes of at least 4 members (excludes halogenated alkanes) is 22. The molecule has 0 spiro atoms. The number of thiophene rings is 4. The standard InChI is InChI=1S/C91H109N3O2S4/c1-7-13-19-25-27-35-56-93-85(81-49-47-79(99-81)65-41-44-71-70-38-29-30-39-74(70)90(75(71)61-65,52-31-21-15-9-3)53-32-22-16-10-4)83-84(89(93)96)86(94(88(83)95)57-36-28-26-20-14-8-2)82-50-48-80(100-82)66-42-45-72-73-46-43-67(87-68(51-59-98-87)60-69(64-92)78-40-37-58-97-78)63-77(73)91(76(72)62-66,54-33-23-17-11-5)55-34-24-18-12-6/h29-30,37-51,58-63H,7-28,31-36,52-57H2,1-6H3/b69-60+. The van der Waals surface area contributed by atoms with Gasteiger partial charge >= 0.3 is 0 Å². The lowest BCUT2D eigenvalue weighted by Crippen LogP contribution is -2.30. The quantitative estimate of drug-likeness (QED) is 0.0283. The van der Waals surface area contributed by atoms with E-state index >= 15 is 9.59 Å². The predicted octanol–water partition coefficient (Wildman–Crippen LogP) is 27.9. The van der Waals surface area contributed by atoms with Gasteiger partial charge in [-0.3, -0.25) is 9.59 Å². The molecule has 12 rings (SSSR count). The van der Waals surface area contributed by atoms with E-state index in [2.05, 4.69) is 168 Å². The van der Waals surface area contributed by atoms with Crippen LogP contribution in [0.1, 0.15) is 289 Å². The van der Waals surface area contributed by atoms with Gasteiger partial charge in [-0.15, -0.1) is 45.3 Å². The number of rotatable bonds is 41. The smallest absolute Gasteiger partial charge is 0.261 e. The number of fused-ring (bicyclic) bond motifs is 7. The molecule has 100 heavy (non-hydrogen) atoms. The Morgan fingerprint density at radius 2 is 0.800 bits per heavy atom. The fourth-order valence-electron chi connectivity index (χ4n) is 17.2. The first-order chi connectivity index (χ1) is 49.2. The normalized spacial score (nSPS) is 15.0. The largest absolute Gasteiger partial charge is 0.306 e. The lowest BCUT2D eigenvalue weighted by Gasteiger charge is -2.33. The van der Waals surface area contributed by atoms with Crippen molar-refractivity contribution in [1.29, 1.82) is 5.26 Å². The van der Waals surface area contributed by atoms with Crippen molar-refractivity contribution in [2.75, 3.05) is 13.1 Å². The number of carbonyl (C=O) groups excluding carboxylic acids is 2. The van der Waals surface area contributed by atoms with E-state index in [-0.39, 0.29) is 22.6 Å². The molecule has 0 bridgehead atoms. The molecular formula is C91H109N3O2S4. The molecule has 2 aliphatic heterocycles. The Morgan fingerprint density at radius 3 is 1.25 bits per heavy atom. The molecule has 0 atom stereocenters. The SMILES string of the molecule is CCCCCCCCN1C(=O)C2=C(c3ccc(-c4ccc5c(c4)C(CCCCCC)(CCCCCC)c4cc(-c6sccc6/C=C(\C#N)c6cccs6)ccc4-5)s3)N(CCCCCCCC)C(=O)C2=C1c1ccc(-c2ccc3c(c2)C(CCCCCC)(CCCCCC)c2ccccc2-3)s1. The summed E-state index contributed by atoms with van der Waals surface area (Å²) in [6.45, 7) is 15.0. The maximum absolute atomic E-state index is 16.0. The van der Waals surface area contributed by atoms with E-state index in [9.17, 15) is 5.26 Å². The summed E-state index contributed by atoms with van der Waals surface area (Å²) in [5, 5.41) is 14.6. The molecule has 9 heteroatoms. The molecule has 4 aliphatic rings. The third-order valence-corrected chi connectivity index (χ3v) is 26.7. The Kier molecular flexibility index (Phi) is 25.6. The Morgan fingerprint density at radius 1 is 0.400 bits per heavy atom. The summed E-state index contributed by atoms with van der Waals surface area (Å²) in [7, 11) is 0. The van der Waals surface area contributed by atoms with Crippen molar-refractivity contribution in [2.24, 2.45) is 0 Å². The van der Waals surface area contributed by atoms with Crippen LogP contribution in [-0.4, -0.2) is 34.7 Å². The van der Waals surface area contributed by atoms with Crippen LogP contribution in [0.3, 0.4) is 0 Å². The lowest BCUT2D eigenvalue weighted by molar-refractivity contribution is -0.124. The highest BCUT2D eigenvalue weighted by atomic mass is 32.1. The van der Waals surface area contributed by atoms with E-state index < -0.39 is 0 Å². The molecule has 524 valence electrons. The Bertz CT molecular complexity index is 4200. The first-order valence-corrected chi connectivity index (χ1v) is 42.7. The van der Waals surface area contributed by atoms with Gasteiger partial charge in [0.15, 0.2) is 0 Å². The van der Waals surface area contributed by atoms with Gasteiger partial charge in [0, 0.05) is 43.4 Å². The molecule has 0 N–H and O–H groups in total. The highest BCUT2D eigenvalue weighted by Crippen LogP contribution is 2.59. The van der Waals surface area contributed by atoms with E-state index in [1.165, 1.54) is 199 Å². The summed E-state index contributed by atoms with van der Waals surface area (Å²) in [6, 6.07) is 49.0. The van der Waals surface area contributed by atoms with Crippen molar-refractivity contribution >= 4 is 80.2 Å². The average molecular weight is 1410 g/mol. The van der Waals surface area contributed by atoms with Gasteiger partial charge in [0.05, 0.1) is 37.9 Å². The molecule has 2 aliphatic carbocycles. The molecule has 4 aromatic heterocycles. The summed E-state index contributed by atoms with van der Waals surface area (Å²) < 4.78 is 0. The van der Waals surface area contributed by atoms with Gasteiger partial charge < -0.3 is 9.80 Å². The topological polar surface area (TPSA) is 64.4 Å². The van der Waals surface area contributed by atoms with E-state index in [4.69, 9.17) is 0 Å². The number of amides is 2. The lowest BCUT2D eigenvalue weighted by atomic mass is 9.70. The van der Waals surface area contributed by atoms with Gasteiger partial charge in [-0.1, -0.05) is 275 Å². The molecule has 0 unspecified atom stereocenters. The van der Waals surface area contributed by atoms with Crippen LogP contribution >= 0.6 is 45.3 Å². The third-order valence-electron chi connectivity index (χ3n) is 22.5. The maximum atomic E-state index is 16.0. The van der Waals surface area contributed by atoms with Gasteiger partial charge in [-0.25, -0.2) is 0 Å². The van der Waals surface area contributed by atoms with Gasteiger partial charge in [0.2, 0.25) is 0 Å². The van der Waals surface area contributed by atoms with Gasteiger partial charge in [-0.2, -0.15) is 5.26 Å². The summed E-state index contributed by atoms with van der Waals surface area (Å²) in [5.41, 5.74) is 19.4. The first-order valence-electron chi connectivity index (χ1n) is 39.3. The number of carbonyl (C=O) groups is 2. The zero-order valence-electron chi connectivity index (χ0n) is 61.1. The summed E-state index contributed by atoms with van der Waals surface area (Å²) >= 11 is 6.90. The minimum absolute atomic E-state index is 0.0206. The molecule has 0 fully saturated rings.